The molecule has 110 valence electrons. The number of hydrogen-bond donors (Lipinski definition) is 1. The third kappa shape index (κ3) is 3.43. The third-order valence-electron chi connectivity index (χ3n) is 2.83. The van der Waals surface area contributed by atoms with Crippen molar-refractivity contribution in [1.82, 2.24) is 0 Å². The molecule has 2 rings (SSSR count). The van der Waals surface area contributed by atoms with Gasteiger partial charge in [0.25, 0.3) is 5.91 Å². The van der Waals surface area contributed by atoms with Crippen molar-refractivity contribution in [3.8, 4) is 0 Å². The molecule has 0 heterocycles. The molecule has 4 nitrogen and oxygen atoms in total. The molecule has 7 heteroatoms. The number of carbonyl (C=O) groups is 1. The van der Waals surface area contributed by atoms with Gasteiger partial charge in [0.15, 0.2) is 0 Å². The zero-order valence-electron chi connectivity index (χ0n) is 10.9. The van der Waals surface area contributed by atoms with E-state index in [0.717, 1.165) is 12.1 Å². The van der Waals surface area contributed by atoms with E-state index in [1.165, 1.54) is 30.3 Å². The predicted molar refractivity (Wildman–Crippen MR) is 73.8 cm³/mol. The van der Waals surface area contributed by atoms with Gasteiger partial charge in [0.2, 0.25) is 0 Å². The van der Waals surface area contributed by atoms with Crippen LogP contribution in [0.4, 0.5) is 14.0 Å². The van der Waals surface area contributed by atoms with Gasteiger partial charge in [0.05, 0.1) is 5.69 Å². The minimum absolute atomic E-state index is 0.00385. The van der Waals surface area contributed by atoms with E-state index in [9.17, 15) is 21.5 Å². The van der Waals surface area contributed by atoms with E-state index >= 15 is 0 Å². The zero-order chi connectivity index (χ0) is 15.6. The minimum atomic E-state index is -4.96. The highest BCUT2D eigenvalue weighted by Gasteiger charge is 2.18. The molecule has 21 heavy (non-hydrogen) atoms. The van der Waals surface area contributed by atoms with Crippen LogP contribution in [0.15, 0.2) is 47.4 Å². The van der Waals surface area contributed by atoms with Crippen molar-refractivity contribution in [2.45, 2.75) is 11.8 Å². The first-order valence-corrected chi connectivity index (χ1v) is 7.28. The number of halogens is 2. The summed E-state index contributed by atoms with van der Waals surface area (Å²) in [7, 11) is -4.96. The number of benzene rings is 2. The Bertz CT molecular complexity index is 804. The molecule has 2 aromatic rings. The van der Waals surface area contributed by atoms with Crippen molar-refractivity contribution in [2.75, 3.05) is 5.32 Å². The first-order valence-electron chi connectivity index (χ1n) is 5.90. The van der Waals surface area contributed by atoms with Crippen LogP contribution in [0.1, 0.15) is 15.9 Å². The van der Waals surface area contributed by atoms with E-state index in [-0.39, 0.29) is 11.3 Å². The molecule has 0 fully saturated rings. The van der Waals surface area contributed by atoms with Crippen LogP contribution in [0.25, 0.3) is 0 Å². The lowest BCUT2D eigenvalue weighted by Crippen LogP contribution is -2.14. The number of carbonyl (C=O) groups excluding carboxylic acids is 1. The van der Waals surface area contributed by atoms with Gasteiger partial charge in [-0.2, -0.15) is 8.42 Å². The molecule has 1 amide bonds. The molecule has 0 saturated carbocycles. The van der Waals surface area contributed by atoms with Gasteiger partial charge in [-0.3, -0.25) is 4.79 Å². The topological polar surface area (TPSA) is 63.2 Å². The van der Waals surface area contributed by atoms with E-state index in [4.69, 9.17) is 0 Å². The second-order valence-electron chi connectivity index (χ2n) is 4.35. The van der Waals surface area contributed by atoms with E-state index < -0.39 is 26.8 Å². The number of rotatable bonds is 3. The lowest BCUT2D eigenvalue weighted by atomic mass is 10.1. The smallest absolute Gasteiger partial charge is 0.321 e. The maximum atomic E-state index is 13.4. The van der Waals surface area contributed by atoms with Crippen LogP contribution in [-0.2, 0) is 10.2 Å². The summed E-state index contributed by atoms with van der Waals surface area (Å²) in [6.07, 6.45) is 0. The van der Waals surface area contributed by atoms with Gasteiger partial charge < -0.3 is 5.32 Å². The van der Waals surface area contributed by atoms with Gasteiger partial charge in [0.1, 0.15) is 10.7 Å². The van der Waals surface area contributed by atoms with Crippen molar-refractivity contribution >= 4 is 21.8 Å². The Balaban J connectivity index is 2.34. The highest BCUT2D eigenvalue weighted by molar-refractivity contribution is 7.86. The molecule has 1 N–H and O–H groups in total. The summed E-state index contributed by atoms with van der Waals surface area (Å²) in [6, 6.07) is 8.88. The average Bonchev–Trinajstić information content (AvgIpc) is 2.41. The molecule has 0 aliphatic heterocycles. The highest BCUT2D eigenvalue weighted by Crippen LogP contribution is 2.23. The number of hydrogen-bond acceptors (Lipinski definition) is 3. The summed E-state index contributed by atoms with van der Waals surface area (Å²) in [5.74, 6) is -1.29. The monoisotopic (exact) mass is 311 g/mol. The molecular weight excluding hydrogens is 300 g/mol. The van der Waals surface area contributed by atoms with Gasteiger partial charge in [-0.25, -0.2) is 4.39 Å². The van der Waals surface area contributed by atoms with E-state index in [1.807, 2.05) is 0 Å². The van der Waals surface area contributed by atoms with Crippen LogP contribution in [-0.4, -0.2) is 14.3 Å². The fourth-order valence-electron chi connectivity index (χ4n) is 1.71. The molecule has 0 saturated heterocycles. The Hall–Kier alpha value is -2.28. The average molecular weight is 311 g/mol. The molecule has 0 aromatic heterocycles. The quantitative estimate of drug-likeness (QED) is 0.886. The lowest BCUT2D eigenvalue weighted by Gasteiger charge is -2.08. The maximum Gasteiger partial charge on any atom is 0.334 e. The molecule has 0 radical (unpaired) electrons. The van der Waals surface area contributed by atoms with Gasteiger partial charge in [-0.05, 0) is 36.8 Å². The molecule has 0 unspecified atom stereocenters. The van der Waals surface area contributed by atoms with E-state index in [1.54, 1.807) is 6.92 Å². The summed E-state index contributed by atoms with van der Waals surface area (Å²) in [6.45, 7) is 1.54. The van der Waals surface area contributed by atoms with Crippen LogP contribution in [0, 0.1) is 12.7 Å². The predicted octanol–water partition coefficient (Wildman–Crippen LogP) is 3.04. The Labute approximate surface area is 120 Å². The maximum absolute atomic E-state index is 13.4. The van der Waals surface area contributed by atoms with Crippen LogP contribution >= 0.6 is 0 Å². The third-order valence-corrected chi connectivity index (χ3v) is 3.71. The van der Waals surface area contributed by atoms with E-state index in [0.29, 0.717) is 5.56 Å². The summed E-state index contributed by atoms with van der Waals surface area (Å²) >= 11 is 0. The van der Waals surface area contributed by atoms with Crippen molar-refractivity contribution in [3.05, 3.63) is 59.4 Å². The summed E-state index contributed by atoms with van der Waals surface area (Å²) in [5, 5.41) is 2.26. The van der Waals surface area contributed by atoms with Crippen LogP contribution in [0.2, 0.25) is 0 Å². The Morgan fingerprint density at radius 1 is 1.14 bits per heavy atom. The molecule has 0 spiro atoms. The standard InChI is InChI=1S/C14H11F2NO3S/c1-9-6-7-10(8-11(9)15)14(18)17-12-4-2-3-5-13(12)21(16,19)20/h2-8H,1H3,(H,17,18). The SMILES string of the molecule is Cc1ccc(C(=O)Nc2ccccc2S(=O)(=O)F)cc1F. The van der Waals surface area contributed by atoms with Crippen LogP contribution in [0.3, 0.4) is 0 Å². The number of anilines is 1. The molecule has 2 aromatic carbocycles. The van der Waals surface area contributed by atoms with Crippen molar-refractivity contribution in [2.24, 2.45) is 0 Å². The Kier molecular flexibility index (Phi) is 4.04. The lowest BCUT2D eigenvalue weighted by molar-refractivity contribution is 0.102. The fraction of sp³-hybridized carbons (Fsp3) is 0.0714. The number of para-hydroxylation sites is 1. The van der Waals surface area contributed by atoms with Crippen LogP contribution in [0.5, 0.6) is 0 Å². The van der Waals surface area contributed by atoms with Gasteiger partial charge in [-0.15, -0.1) is 3.89 Å². The first-order chi connectivity index (χ1) is 9.79. The van der Waals surface area contributed by atoms with E-state index in [2.05, 4.69) is 5.32 Å². The normalized spacial score (nSPS) is 11.2. The highest BCUT2D eigenvalue weighted by atomic mass is 32.3. The summed E-state index contributed by atoms with van der Waals surface area (Å²) < 4.78 is 48.5. The van der Waals surface area contributed by atoms with Crippen molar-refractivity contribution < 1.29 is 21.5 Å². The number of nitrogens with one attached hydrogen (secondary N) is 1. The summed E-state index contributed by atoms with van der Waals surface area (Å²) in [5.41, 5.74) is 0.174. The number of amides is 1. The summed E-state index contributed by atoms with van der Waals surface area (Å²) in [4.78, 5) is 11.3. The Morgan fingerprint density at radius 2 is 1.81 bits per heavy atom. The van der Waals surface area contributed by atoms with Gasteiger partial charge in [-0.1, -0.05) is 18.2 Å². The van der Waals surface area contributed by atoms with Gasteiger partial charge in [0, 0.05) is 5.56 Å². The zero-order valence-corrected chi connectivity index (χ0v) is 11.7. The molecule has 0 aliphatic carbocycles. The second kappa shape index (κ2) is 5.61. The molecule has 0 aliphatic rings. The van der Waals surface area contributed by atoms with Crippen LogP contribution < -0.4 is 5.32 Å². The van der Waals surface area contributed by atoms with Crippen molar-refractivity contribution in [3.63, 3.8) is 0 Å². The first kappa shape index (κ1) is 15.1. The molecule has 0 atom stereocenters. The molecular formula is C14H11F2NO3S. The fourth-order valence-corrected chi connectivity index (χ4v) is 2.33. The molecule has 0 bridgehead atoms. The van der Waals surface area contributed by atoms with Crippen molar-refractivity contribution in [1.29, 1.82) is 0 Å². The minimum Gasteiger partial charge on any atom is -0.321 e. The largest absolute Gasteiger partial charge is 0.334 e. The second-order valence-corrected chi connectivity index (χ2v) is 5.67. The van der Waals surface area contributed by atoms with Gasteiger partial charge >= 0.3 is 10.2 Å². The Morgan fingerprint density at radius 3 is 2.43 bits per heavy atom. The number of aryl methyl sites for hydroxylation is 1.